The summed E-state index contributed by atoms with van der Waals surface area (Å²) in [4.78, 5) is 42.5. The Morgan fingerprint density at radius 2 is 2.09 bits per heavy atom. The number of aromatic nitrogens is 2. The molecule has 1 aromatic rings. The van der Waals surface area contributed by atoms with Gasteiger partial charge in [0.05, 0.1) is 18.8 Å². The van der Waals surface area contributed by atoms with Gasteiger partial charge in [-0.2, -0.15) is 0 Å². The summed E-state index contributed by atoms with van der Waals surface area (Å²) in [5.41, 5.74) is -2.30. The summed E-state index contributed by atoms with van der Waals surface area (Å²) < 4.78 is 16.4. The molecule has 11 heteroatoms. The molecule has 0 radical (unpaired) electrons. The lowest BCUT2D eigenvalue weighted by molar-refractivity contribution is -0.0306. The van der Waals surface area contributed by atoms with Crippen molar-refractivity contribution in [3.8, 4) is 0 Å². The molecule has 2 aliphatic rings. The normalized spacial score (nSPS) is 37.1. The van der Waals surface area contributed by atoms with Crippen LogP contribution in [0.15, 0.2) is 21.9 Å². The van der Waals surface area contributed by atoms with Crippen LogP contribution in [0.3, 0.4) is 0 Å². The average Bonchev–Trinajstić information content (AvgIpc) is 3.08. The maximum atomic E-state index is 11.8. The van der Waals surface area contributed by atoms with Crippen LogP contribution in [0.2, 0.25) is 0 Å². The van der Waals surface area contributed by atoms with E-state index in [0.717, 1.165) is 10.6 Å². The summed E-state index contributed by atoms with van der Waals surface area (Å²) in [5.74, 6) is -0.382. The molecule has 5 N–H and O–H groups in total. The van der Waals surface area contributed by atoms with Gasteiger partial charge >= 0.3 is 13.5 Å². The van der Waals surface area contributed by atoms with Crippen molar-refractivity contribution in [3.63, 3.8) is 0 Å². The molecule has 0 aliphatic heterocycles. The number of nitrogens with zero attached hydrogens (tertiary/aromatic N) is 1. The number of aliphatic hydroxyl groups excluding tert-OH is 2. The van der Waals surface area contributed by atoms with Crippen LogP contribution in [0.4, 0.5) is 0 Å². The van der Waals surface area contributed by atoms with Crippen LogP contribution in [0.5, 0.6) is 0 Å². The molecule has 0 saturated heterocycles. The second kappa shape index (κ2) is 4.85. The Bertz CT molecular complexity index is 753. The van der Waals surface area contributed by atoms with Crippen molar-refractivity contribution < 1.29 is 29.1 Å². The predicted octanol–water partition coefficient (Wildman–Crippen LogP) is -2.07. The van der Waals surface area contributed by atoms with Crippen molar-refractivity contribution in [2.75, 3.05) is 6.61 Å². The number of hydrogen-bond acceptors (Lipinski definition) is 6. The van der Waals surface area contributed by atoms with Crippen molar-refractivity contribution in [2.24, 2.45) is 11.3 Å². The van der Waals surface area contributed by atoms with Crippen molar-refractivity contribution in [1.82, 2.24) is 9.55 Å². The fraction of sp³-hybridized carbons (Fsp3) is 0.636. The lowest BCUT2D eigenvalue weighted by atomic mass is 10.0. The summed E-state index contributed by atoms with van der Waals surface area (Å²) in [6.07, 6.45) is -1.02. The van der Waals surface area contributed by atoms with Crippen LogP contribution >= 0.6 is 7.82 Å². The van der Waals surface area contributed by atoms with E-state index in [4.69, 9.17) is 9.79 Å². The van der Waals surface area contributed by atoms with E-state index >= 15 is 0 Å². The first-order chi connectivity index (χ1) is 10.2. The SMILES string of the molecule is O=c1ccn(C2C(O)C(O)C3(COP(=O)(O)O)CC23)c(=O)[nH]1. The molecule has 2 saturated carbocycles. The zero-order valence-corrected chi connectivity index (χ0v) is 12.1. The highest BCUT2D eigenvalue weighted by atomic mass is 31.2. The highest BCUT2D eigenvalue weighted by Crippen LogP contribution is 2.68. The summed E-state index contributed by atoms with van der Waals surface area (Å²) in [6.45, 7) is -0.422. The van der Waals surface area contributed by atoms with Gasteiger partial charge in [0.25, 0.3) is 5.56 Å². The van der Waals surface area contributed by atoms with Gasteiger partial charge < -0.3 is 20.0 Å². The molecule has 2 fully saturated rings. The average molecular weight is 334 g/mol. The van der Waals surface area contributed by atoms with Gasteiger partial charge in [-0.1, -0.05) is 0 Å². The highest BCUT2D eigenvalue weighted by molar-refractivity contribution is 7.46. The number of H-pyrrole nitrogens is 1. The van der Waals surface area contributed by atoms with Gasteiger partial charge in [-0.3, -0.25) is 18.9 Å². The second-order valence-electron chi connectivity index (χ2n) is 5.75. The fourth-order valence-corrected chi connectivity index (χ4v) is 3.80. The van der Waals surface area contributed by atoms with E-state index < -0.39 is 49.3 Å². The van der Waals surface area contributed by atoms with Crippen molar-refractivity contribution >= 4 is 7.82 Å². The van der Waals surface area contributed by atoms with Gasteiger partial charge in [0.2, 0.25) is 0 Å². The second-order valence-corrected chi connectivity index (χ2v) is 6.99. The molecular weight excluding hydrogens is 319 g/mol. The van der Waals surface area contributed by atoms with Crippen LogP contribution in [-0.4, -0.2) is 48.4 Å². The number of nitrogens with one attached hydrogen (secondary N) is 1. The third kappa shape index (κ3) is 2.37. The minimum absolute atomic E-state index is 0.349. The van der Waals surface area contributed by atoms with E-state index in [9.17, 15) is 24.4 Å². The van der Waals surface area contributed by atoms with Crippen LogP contribution in [0.1, 0.15) is 12.5 Å². The zero-order chi connectivity index (χ0) is 16.3. The standard InChI is InChI=1S/C11H15N2O8P/c14-6-1-2-13(10(17)12-6)7-5-3-11(5,9(16)8(7)15)4-21-22(18,19)20/h1-2,5,7-9,15-16H,3-4H2,(H,12,14,17)(H2,18,19,20). The maximum absolute atomic E-state index is 11.8. The molecule has 10 nitrogen and oxygen atoms in total. The Labute approximate surface area is 123 Å². The van der Waals surface area contributed by atoms with E-state index in [1.165, 1.54) is 6.20 Å². The first kappa shape index (κ1) is 15.6. The maximum Gasteiger partial charge on any atom is 0.469 e. The first-order valence-electron chi connectivity index (χ1n) is 6.53. The molecule has 0 spiro atoms. The molecule has 0 amide bonds. The predicted molar refractivity (Wildman–Crippen MR) is 70.9 cm³/mol. The van der Waals surface area contributed by atoms with E-state index in [2.05, 4.69) is 9.51 Å². The van der Waals surface area contributed by atoms with Crippen molar-refractivity contribution in [1.29, 1.82) is 0 Å². The van der Waals surface area contributed by atoms with Gasteiger partial charge in [-0.15, -0.1) is 0 Å². The topological polar surface area (TPSA) is 162 Å². The third-order valence-corrected chi connectivity index (χ3v) is 4.99. The molecule has 2 aliphatic carbocycles. The van der Waals surface area contributed by atoms with Gasteiger partial charge in [-0.05, 0) is 12.3 Å². The van der Waals surface area contributed by atoms with Gasteiger partial charge in [-0.25, -0.2) is 9.36 Å². The Kier molecular flexibility index (Phi) is 3.44. The number of aromatic amines is 1. The number of rotatable bonds is 4. The number of phosphoric acid groups is 1. The Balaban J connectivity index is 1.89. The molecule has 1 aromatic heterocycles. The summed E-state index contributed by atoms with van der Waals surface area (Å²) in [5, 5.41) is 20.3. The Morgan fingerprint density at radius 1 is 1.41 bits per heavy atom. The van der Waals surface area contributed by atoms with Crippen LogP contribution in [0.25, 0.3) is 0 Å². The number of phosphoric ester groups is 1. The molecule has 22 heavy (non-hydrogen) atoms. The monoisotopic (exact) mass is 334 g/mol. The quantitative estimate of drug-likeness (QED) is 0.392. The first-order valence-corrected chi connectivity index (χ1v) is 8.06. The number of fused-ring (bicyclic) bond motifs is 1. The van der Waals surface area contributed by atoms with Crippen LogP contribution in [-0.2, 0) is 9.09 Å². The molecule has 3 rings (SSSR count). The number of hydrogen-bond donors (Lipinski definition) is 5. The van der Waals surface area contributed by atoms with Gasteiger partial charge in [0.15, 0.2) is 0 Å². The van der Waals surface area contributed by atoms with E-state index in [0.29, 0.717) is 6.42 Å². The lowest BCUT2D eigenvalue weighted by Crippen LogP contribution is -2.40. The Morgan fingerprint density at radius 3 is 2.68 bits per heavy atom. The summed E-state index contributed by atoms with van der Waals surface area (Å²) in [6, 6.07) is 0.328. The highest BCUT2D eigenvalue weighted by Gasteiger charge is 2.72. The third-order valence-electron chi connectivity index (χ3n) is 4.53. The number of aliphatic hydroxyl groups is 2. The molecule has 0 aromatic carbocycles. The minimum Gasteiger partial charge on any atom is -0.390 e. The fourth-order valence-electron chi connectivity index (χ4n) is 3.39. The van der Waals surface area contributed by atoms with E-state index in [1.54, 1.807) is 0 Å². The smallest absolute Gasteiger partial charge is 0.390 e. The van der Waals surface area contributed by atoms with E-state index in [-0.39, 0.29) is 5.92 Å². The van der Waals surface area contributed by atoms with Crippen molar-refractivity contribution in [2.45, 2.75) is 24.7 Å². The molecule has 122 valence electrons. The largest absolute Gasteiger partial charge is 0.469 e. The minimum atomic E-state index is -4.70. The zero-order valence-electron chi connectivity index (χ0n) is 11.2. The van der Waals surface area contributed by atoms with Gasteiger partial charge in [0.1, 0.15) is 6.10 Å². The molecular formula is C11H15N2O8P. The van der Waals surface area contributed by atoms with Crippen molar-refractivity contribution in [3.05, 3.63) is 33.1 Å². The Hall–Kier alpha value is -1.29. The molecule has 5 unspecified atom stereocenters. The van der Waals surface area contributed by atoms with E-state index in [1.807, 2.05) is 0 Å². The molecule has 0 bridgehead atoms. The van der Waals surface area contributed by atoms with Crippen LogP contribution < -0.4 is 11.2 Å². The molecule has 5 atom stereocenters. The molecule has 1 heterocycles. The summed E-state index contributed by atoms with van der Waals surface area (Å²) in [7, 11) is -4.70. The van der Waals surface area contributed by atoms with Crippen LogP contribution in [0, 0.1) is 11.3 Å². The summed E-state index contributed by atoms with van der Waals surface area (Å²) >= 11 is 0. The van der Waals surface area contributed by atoms with Gasteiger partial charge in [0, 0.05) is 17.7 Å². The lowest BCUT2D eigenvalue weighted by Gasteiger charge is -2.24.